The van der Waals surface area contributed by atoms with Gasteiger partial charge in [-0.05, 0) is 51.0 Å². The Bertz CT molecular complexity index is 1300. The molecule has 6 rings (SSSR count). The predicted molar refractivity (Wildman–Crippen MR) is 131 cm³/mol. The average molecular weight is 397 g/mol. The Balaban J connectivity index is 1.40. The van der Waals surface area contributed by atoms with Crippen LogP contribution in [0.25, 0.3) is 11.6 Å². The van der Waals surface area contributed by atoms with Crippen molar-refractivity contribution in [2.45, 2.75) is 18.3 Å². The highest BCUT2D eigenvalue weighted by Crippen LogP contribution is 2.52. The third kappa shape index (κ3) is 3.07. The summed E-state index contributed by atoms with van der Waals surface area (Å²) in [6.45, 7) is 4.54. The zero-order chi connectivity index (χ0) is 20.8. The van der Waals surface area contributed by atoms with Gasteiger partial charge >= 0.3 is 0 Å². The monoisotopic (exact) mass is 396 g/mol. The first-order valence-corrected chi connectivity index (χ1v) is 11.0. The number of fused-ring (bicyclic) bond motifs is 3. The number of allylic oxidation sites excluding steroid dienone is 8. The van der Waals surface area contributed by atoms with Crippen molar-refractivity contribution in [3.63, 3.8) is 0 Å². The molecular weight excluding hydrogens is 372 g/mol. The zero-order valence-electron chi connectivity index (χ0n) is 17.5. The van der Waals surface area contributed by atoms with Crippen molar-refractivity contribution in [1.82, 2.24) is 0 Å². The molecule has 0 saturated heterocycles. The van der Waals surface area contributed by atoms with Crippen LogP contribution in [0.3, 0.4) is 0 Å². The first-order valence-electron chi connectivity index (χ1n) is 11.0. The molecule has 3 aliphatic carbocycles. The van der Waals surface area contributed by atoms with Crippen LogP contribution in [0.2, 0.25) is 0 Å². The summed E-state index contributed by atoms with van der Waals surface area (Å²) in [7, 11) is 0. The summed E-state index contributed by atoms with van der Waals surface area (Å²) in [4.78, 5) is 0. The highest BCUT2D eigenvalue weighted by molar-refractivity contribution is 5.87. The van der Waals surface area contributed by atoms with E-state index >= 15 is 0 Å². The van der Waals surface area contributed by atoms with Crippen LogP contribution in [0.15, 0.2) is 132 Å². The minimum Gasteiger partial charge on any atom is -0.0946 e. The Hall–Kier alpha value is -3.64. The molecule has 1 saturated carbocycles. The van der Waals surface area contributed by atoms with Crippen molar-refractivity contribution in [1.29, 1.82) is 0 Å². The fourth-order valence-electron chi connectivity index (χ4n) is 5.28. The van der Waals surface area contributed by atoms with Gasteiger partial charge in [0.2, 0.25) is 0 Å². The SMILES string of the molecule is C=C1C(=CC2=CC(c3ccccc3)C=C2c2ccccc2)CC2=Cc3ccccc3C12. The molecule has 0 bridgehead atoms. The lowest BCUT2D eigenvalue weighted by molar-refractivity contribution is 1.03. The molecule has 0 heterocycles. The number of rotatable bonds is 3. The van der Waals surface area contributed by atoms with Gasteiger partial charge in [0.05, 0.1) is 0 Å². The van der Waals surface area contributed by atoms with Gasteiger partial charge in [0.25, 0.3) is 0 Å². The van der Waals surface area contributed by atoms with Crippen LogP contribution in [0.4, 0.5) is 0 Å². The van der Waals surface area contributed by atoms with Crippen LogP contribution in [-0.2, 0) is 0 Å². The Morgan fingerprint density at radius 2 is 1.48 bits per heavy atom. The van der Waals surface area contributed by atoms with Crippen LogP contribution < -0.4 is 0 Å². The van der Waals surface area contributed by atoms with E-state index in [0.717, 1.165) is 6.42 Å². The lowest BCUT2D eigenvalue weighted by atomic mass is 9.92. The summed E-state index contributed by atoms with van der Waals surface area (Å²) in [5, 5.41) is 0. The molecule has 3 aromatic rings. The lowest BCUT2D eigenvalue weighted by Crippen LogP contribution is -1.94. The Kier molecular flexibility index (Phi) is 4.25. The van der Waals surface area contributed by atoms with Crippen LogP contribution >= 0.6 is 0 Å². The Labute approximate surface area is 184 Å². The average Bonchev–Trinajstić information content (AvgIpc) is 3.48. The number of hydrogen-bond donors (Lipinski definition) is 0. The number of hydrogen-bond acceptors (Lipinski definition) is 0. The summed E-state index contributed by atoms with van der Waals surface area (Å²) in [5.41, 5.74) is 12.1. The van der Waals surface area contributed by atoms with Gasteiger partial charge in [-0.2, -0.15) is 0 Å². The largest absolute Gasteiger partial charge is 0.0946 e. The normalized spacial score (nSPS) is 22.8. The number of benzene rings is 3. The maximum atomic E-state index is 4.54. The highest BCUT2D eigenvalue weighted by atomic mass is 14.4. The topological polar surface area (TPSA) is 0 Å². The quantitative estimate of drug-likeness (QED) is 0.423. The maximum absolute atomic E-state index is 4.54. The second-order valence-electron chi connectivity index (χ2n) is 8.66. The fourth-order valence-corrected chi connectivity index (χ4v) is 5.28. The van der Waals surface area contributed by atoms with Crippen molar-refractivity contribution in [2.75, 3.05) is 0 Å². The van der Waals surface area contributed by atoms with Crippen LogP contribution in [0.5, 0.6) is 0 Å². The predicted octanol–water partition coefficient (Wildman–Crippen LogP) is 7.86. The van der Waals surface area contributed by atoms with Gasteiger partial charge < -0.3 is 0 Å². The molecular formula is C31H24. The summed E-state index contributed by atoms with van der Waals surface area (Å²) >= 11 is 0. The van der Waals surface area contributed by atoms with Crippen molar-refractivity contribution >= 4 is 11.6 Å². The van der Waals surface area contributed by atoms with Gasteiger partial charge in [-0.3, -0.25) is 0 Å². The summed E-state index contributed by atoms with van der Waals surface area (Å²) in [5.74, 6) is 0.663. The van der Waals surface area contributed by atoms with Gasteiger partial charge in [0.1, 0.15) is 0 Å². The minimum atomic E-state index is 0.303. The molecule has 0 nitrogen and oxygen atoms in total. The summed E-state index contributed by atoms with van der Waals surface area (Å²) in [6, 6.07) is 30.3. The summed E-state index contributed by atoms with van der Waals surface area (Å²) < 4.78 is 0. The molecule has 0 aliphatic heterocycles. The molecule has 2 atom stereocenters. The van der Waals surface area contributed by atoms with Gasteiger partial charge in [-0.15, -0.1) is 0 Å². The molecule has 0 radical (unpaired) electrons. The first-order chi connectivity index (χ1) is 15.3. The first kappa shape index (κ1) is 18.2. The zero-order valence-corrected chi connectivity index (χ0v) is 17.5. The summed E-state index contributed by atoms with van der Waals surface area (Å²) in [6.07, 6.45) is 10.6. The second-order valence-corrected chi connectivity index (χ2v) is 8.66. The van der Waals surface area contributed by atoms with Crippen molar-refractivity contribution in [3.8, 4) is 0 Å². The highest BCUT2D eigenvalue weighted by Gasteiger charge is 2.35. The van der Waals surface area contributed by atoms with Crippen molar-refractivity contribution in [3.05, 3.63) is 154 Å². The Morgan fingerprint density at radius 3 is 2.29 bits per heavy atom. The molecule has 0 aromatic heterocycles. The Morgan fingerprint density at radius 1 is 0.774 bits per heavy atom. The van der Waals surface area contributed by atoms with Gasteiger partial charge in [-0.25, -0.2) is 0 Å². The molecule has 31 heavy (non-hydrogen) atoms. The maximum Gasteiger partial charge on any atom is 0.0308 e. The molecule has 2 unspecified atom stereocenters. The third-order valence-electron chi connectivity index (χ3n) is 6.79. The van der Waals surface area contributed by atoms with E-state index in [2.05, 4.69) is 116 Å². The minimum absolute atomic E-state index is 0.303. The van der Waals surface area contributed by atoms with Gasteiger partial charge in [0.15, 0.2) is 0 Å². The van der Waals surface area contributed by atoms with Gasteiger partial charge in [0, 0.05) is 11.8 Å². The van der Waals surface area contributed by atoms with E-state index in [-0.39, 0.29) is 0 Å². The molecule has 1 fully saturated rings. The van der Waals surface area contributed by atoms with E-state index in [1.54, 1.807) is 0 Å². The smallest absolute Gasteiger partial charge is 0.0308 e. The second kappa shape index (κ2) is 7.25. The van der Waals surface area contributed by atoms with Crippen molar-refractivity contribution in [2.24, 2.45) is 0 Å². The lowest BCUT2D eigenvalue weighted by Gasteiger charge is -2.11. The molecule has 3 aliphatic rings. The third-order valence-corrected chi connectivity index (χ3v) is 6.79. The molecule has 0 N–H and O–H groups in total. The molecule has 0 heteroatoms. The van der Waals surface area contributed by atoms with Gasteiger partial charge in [-0.1, -0.05) is 121 Å². The van der Waals surface area contributed by atoms with Crippen molar-refractivity contribution < 1.29 is 0 Å². The molecule has 3 aromatic carbocycles. The van der Waals surface area contributed by atoms with E-state index in [4.69, 9.17) is 0 Å². The standard InChI is InChI=1S/C31H24/c1-21-25(18-28-16-24-14-8-9-15-29(24)31(21)28)17-27-19-26(22-10-4-2-5-11-22)20-30(27)23-12-6-3-7-13-23/h2-17,19-20,26,31H,1,18H2. The van der Waals surface area contributed by atoms with E-state index in [9.17, 15) is 0 Å². The fraction of sp³-hybridized carbons (Fsp3) is 0.0968. The van der Waals surface area contributed by atoms with Crippen LogP contribution in [0.1, 0.15) is 40.5 Å². The van der Waals surface area contributed by atoms with Crippen LogP contribution in [-0.4, -0.2) is 0 Å². The molecule has 0 spiro atoms. The van der Waals surface area contributed by atoms with E-state index < -0.39 is 0 Å². The van der Waals surface area contributed by atoms with E-state index in [1.807, 2.05) is 0 Å². The van der Waals surface area contributed by atoms with Crippen LogP contribution in [0, 0.1) is 0 Å². The van der Waals surface area contributed by atoms with E-state index in [1.165, 1.54) is 50.1 Å². The van der Waals surface area contributed by atoms with E-state index in [0.29, 0.717) is 11.8 Å². The molecule has 148 valence electrons. The molecule has 0 amide bonds.